The minimum atomic E-state index is -0.309. The Balaban J connectivity index is 2.33. The van der Waals surface area contributed by atoms with Crippen LogP contribution in [0.1, 0.15) is 5.69 Å². The summed E-state index contributed by atoms with van der Waals surface area (Å²) >= 11 is 4.89. The first-order valence-corrected chi connectivity index (χ1v) is 5.35. The molecule has 0 saturated heterocycles. The molecule has 1 aromatic heterocycles. The highest BCUT2D eigenvalue weighted by Gasteiger charge is 2.06. The first-order valence-electron chi connectivity index (χ1n) is 4.94. The summed E-state index contributed by atoms with van der Waals surface area (Å²) in [6, 6.07) is 9.67. The van der Waals surface area contributed by atoms with Gasteiger partial charge >= 0.3 is 0 Å². The number of nitrogens with one attached hydrogen (secondary N) is 1. The summed E-state index contributed by atoms with van der Waals surface area (Å²) in [6.45, 7) is 0. The first-order chi connectivity index (χ1) is 8.16. The van der Waals surface area contributed by atoms with Crippen LogP contribution in [0.4, 0.5) is 15.8 Å². The molecule has 0 radical (unpaired) electrons. The van der Waals surface area contributed by atoms with Gasteiger partial charge in [0.1, 0.15) is 16.5 Å². The van der Waals surface area contributed by atoms with Crippen LogP contribution in [0.2, 0.25) is 0 Å². The summed E-state index contributed by atoms with van der Waals surface area (Å²) in [4.78, 5) is 4.27. The van der Waals surface area contributed by atoms with Crippen LogP contribution >= 0.6 is 12.2 Å². The standard InChI is InChI=1S/C12H10FN3S/c13-8-3-1-4-9(7-8)16-10-5-2-6-15-11(10)12(14)17/h1-7,16H,(H2,14,17). The van der Waals surface area contributed by atoms with Crippen LogP contribution in [0.15, 0.2) is 42.6 Å². The highest BCUT2D eigenvalue weighted by molar-refractivity contribution is 7.80. The summed E-state index contributed by atoms with van der Waals surface area (Å²) in [5.41, 5.74) is 7.32. The Morgan fingerprint density at radius 3 is 2.82 bits per heavy atom. The van der Waals surface area contributed by atoms with Gasteiger partial charge in [0.2, 0.25) is 0 Å². The second-order valence-electron chi connectivity index (χ2n) is 3.40. The molecule has 2 rings (SSSR count). The lowest BCUT2D eigenvalue weighted by Crippen LogP contribution is -2.13. The molecule has 2 aromatic rings. The third-order valence-electron chi connectivity index (χ3n) is 2.14. The van der Waals surface area contributed by atoms with Crippen molar-refractivity contribution in [2.75, 3.05) is 5.32 Å². The van der Waals surface area contributed by atoms with Gasteiger partial charge < -0.3 is 11.1 Å². The maximum Gasteiger partial charge on any atom is 0.125 e. The number of rotatable bonds is 3. The van der Waals surface area contributed by atoms with Gasteiger partial charge in [-0.25, -0.2) is 4.39 Å². The van der Waals surface area contributed by atoms with Gasteiger partial charge in [0.05, 0.1) is 5.69 Å². The van der Waals surface area contributed by atoms with E-state index >= 15 is 0 Å². The van der Waals surface area contributed by atoms with Crippen molar-refractivity contribution in [3.63, 3.8) is 0 Å². The van der Waals surface area contributed by atoms with E-state index < -0.39 is 0 Å². The molecule has 1 heterocycles. The lowest BCUT2D eigenvalue weighted by molar-refractivity contribution is 0.628. The Hall–Kier alpha value is -2.01. The number of hydrogen-bond donors (Lipinski definition) is 2. The average molecular weight is 247 g/mol. The quantitative estimate of drug-likeness (QED) is 0.819. The van der Waals surface area contributed by atoms with E-state index in [1.165, 1.54) is 12.1 Å². The minimum absolute atomic E-state index is 0.199. The fourth-order valence-corrected chi connectivity index (χ4v) is 1.59. The predicted molar refractivity (Wildman–Crippen MR) is 69.8 cm³/mol. The largest absolute Gasteiger partial charge is 0.388 e. The Bertz CT molecular complexity index is 557. The van der Waals surface area contributed by atoms with E-state index in [-0.39, 0.29) is 10.8 Å². The van der Waals surface area contributed by atoms with E-state index in [1.54, 1.807) is 30.5 Å². The summed E-state index contributed by atoms with van der Waals surface area (Å²) in [5, 5.41) is 3.02. The first kappa shape index (κ1) is 11.5. The van der Waals surface area contributed by atoms with Gasteiger partial charge in [-0.3, -0.25) is 4.98 Å². The SMILES string of the molecule is NC(=S)c1ncccc1Nc1cccc(F)c1. The van der Waals surface area contributed by atoms with Crippen molar-refractivity contribution in [3.8, 4) is 0 Å². The van der Waals surface area contributed by atoms with Crippen LogP contribution < -0.4 is 11.1 Å². The van der Waals surface area contributed by atoms with Gasteiger partial charge in [0, 0.05) is 11.9 Å². The van der Waals surface area contributed by atoms with Crippen molar-refractivity contribution in [1.29, 1.82) is 0 Å². The maximum atomic E-state index is 13.0. The molecule has 0 atom stereocenters. The number of thiocarbonyl (C=S) groups is 1. The molecule has 0 aliphatic carbocycles. The smallest absolute Gasteiger partial charge is 0.125 e. The van der Waals surface area contributed by atoms with E-state index in [0.717, 1.165) is 0 Å². The number of pyridine rings is 1. The molecule has 0 bridgehead atoms. The third kappa shape index (κ3) is 2.76. The van der Waals surface area contributed by atoms with E-state index in [0.29, 0.717) is 17.1 Å². The zero-order valence-corrected chi connectivity index (χ0v) is 9.67. The van der Waals surface area contributed by atoms with Crippen molar-refractivity contribution in [1.82, 2.24) is 4.98 Å². The molecule has 0 amide bonds. The third-order valence-corrected chi connectivity index (χ3v) is 2.34. The fourth-order valence-electron chi connectivity index (χ4n) is 1.42. The summed E-state index contributed by atoms with van der Waals surface area (Å²) < 4.78 is 13.0. The summed E-state index contributed by atoms with van der Waals surface area (Å²) in [6.07, 6.45) is 1.60. The van der Waals surface area contributed by atoms with Crippen LogP contribution in [0.5, 0.6) is 0 Å². The molecular weight excluding hydrogens is 237 g/mol. The zero-order chi connectivity index (χ0) is 12.3. The number of nitrogens with zero attached hydrogens (tertiary/aromatic N) is 1. The van der Waals surface area contributed by atoms with E-state index in [1.807, 2.05) is 0 Å². The van der Waals surface area contributed by atoms with Crippen molar-refractivity contribution in [2.45, 2.75) is 0 Å². The lowest BCUT2D eigenvalue weighted by Gasteiger charge is -2.09. The van der Waals surface area contributed by atoms with Crippen LogP contribution in [-0.4, -0.2) is 9.97 Å². The normalized spacial score (nSPS) is 9.94. The molecule has 0 aliphatic rings. The minimum Gasteiger partial charge on any atom is -0.388 e. The van der Waals surface area contributed by atoms with Crippen LogP contribution in [0, 0.1) is 5.82 Å². The molecule has 3 nitrogen and oxygen atoms in total. The second kappa shape index (κ2) is 4.88. The highest BCUT2D eigenvalue weighted by Crippen LogP contribution is 2.19. The molecule has 5 heteroatoms. The van der Waals surface area contributed by atoms with Gasteiger partial charge in [-0.2, -0.15) is 0 Å². The predicted octanol–water partition coefficient (Wildman–Crippen LogP) is 2.60. The molecule has 86 valence electrons. The number of anilines is 2. The Labute approximate surface area is 103 Å². The maximum absolute atomic E-state index is 13.0. The van der Waals surface area contributed by atoms with Gasteiger partial charge in [0.15, 0.2) is 0 Å². The second-order valence-corrected chi connectivity index (χ2v) is 3.84. The topological polar surface area (TPSA) is 50.9 Å². The number of halogens is 1. The average Bonchev–Trinajstić information content (AvgIpc) is 2.29. The molecule has 17 heavy (non-hydrogen) atoms. The molecule has 1 aromatic carbocycles. The highest BCUT2D eigenvalue weighted by atomic mass is 32.1. The lowest BCUT2D eigenvalue weighted by atomic mass is 10.2. The van der Waals surface area contributed by atoms with Crippen LogP contribution in [0.25, 0.3) is 0 Å². The van der Waals surface area contributed by atoms with Crippen LogP contribution in [0.3, 0.4) is 0 Å². The summed E-state index contributed by atoms with van der Waals surface area (Å²) in [5.74, 6) is -0.309. The fraction of sp³-hybridized carbons (Fsp3) is 0. The molecule has 0 spiro atoms. The van der Waals surface area contributed by atoms with Crippen molar-refractivity contribution in [2.24, 2.45) is 5.73 Å². The van der Waals surface area contributed by atoms with E-state index in [2.05, 4.69) is 10.3 Å². The van der Waals surface area contributed by atoms with Gasteiger partial charge in [-0.15, -0.1) is 0 Å². The molecule has 0 saturated carbocycles. The van der Waals surface area contributed by atoms with Gasteiger partial charge in [0.25, 0.3) is 0 Å². The number of nitrogens with two attached hydrogens (primary N) is 1. The van der Waals surface area contributed by atoms with Crippen LogP contribution in [-0.2, 0) is 0 Å². The number of benzene rings is 1. The van der Waals surface area contributed by atoms with Crippen molar-refractivity contribution >= 4 is 28.6 Å². The number of aromatic nitrogens is 1. The molecule has 0 aliphatic heterocycles. The van der Waals surface area contributed by atoms with Crippen molar-refractivity contribution in [3.05, 3.63) is 54.1 Å². The summed E-state index contributed by atoms with van der Waals surface area (Å²) in [7, 11) is 0. The molecular formula is C12H10FN3S. The Morgan fingerprint density at radius 1 is 1.29 bits per heavy atom. The molecule has 3 N–H and O–H groups in total. The Morgan fingerprint density at radius 2 is 2.12 bits per heavy atom. The monoisotopic (exact) mass is 247 g/mol. The van der Waals surface area contributed by atoms with Gasteiger partial charge in [-0.05, 0) is 30.3 Å². The molecule has 0 fully saturated rings. The van der Waals surface area contributed by atoms with Gasteiger partial charge in [-0.1, -0.05) is 18.3 Å². The van der Waals surface area contributed by atoms with E-state index in [4.69, 9.17) is 18.0 Å². The van der Waals surface area contributed by atoms with Crippen molar-refractivity contribution < 1.29 is 4.39 Å². The zero-order valence-electron chi connectivity index (χ0n) is 8.85. The molecule has 0 unspecified atom stereocenters. The Kier molecular flexibility index (Phi) is 3.30. The van der Waals surface area contributed by atoms with E-state index in [9.17, 15) is 4.39 Å². The number of hydrogen-bond acceptors (Lipinski definition) is 3.